The van der Waals surface area contributed by atoms with E-state index in [1.165, 1.54) is 0 Å². The van der Waals surface area contributed by atoms with Crippen LogP contribution in [-0.2, 0) is 4.74 Å². The molecule has 0 fully saturated rings. The maximum absolute atomic E-state index is 9.50. The minimum atomic E-state index is -0.645. The smallest absolute Gasteiger partial charge is 0.108 e. The van der Waals surface area contributed by atoms with Crippen LogP contribution in [0.3, 0.4) is 0 Å². The van der Waals surface area contributed by atoms with Crippen LogP contribution in [0.2, 0.25) is 5.82 Å². The van der Waals surface area contributed by atoms with Gasteiger partial charge in [0.1, 0.15) is 7.85 Å². The van der Waals surface area contributed by atoms with Gasteiger partial charge in [0, 0.05) is 13.2 Å². The van der Waals surface area contributed by atoms with Gasteiger partial charge in [-0.15, -0.1) is 0 Å². The van der Waals surface area contributed by atoms with Crippen LogP contribution in [0, 0.1) is 0 Å². The van der Waals surface area contributed by atoms with Crippen molar-refractivity contribution in [1.29, 1.82) is 0 Å². The Morgan fingerprint density at radius 2 is 2.00 bits per heavy atom. The predicted octanol–water partition coefficient (Wildman–Crippen LogP) is 0.747. The summed E-state index contributed by atoms with van der Waals surface area (Å²) in [6.45, 7) is 6.47. The average Bonchev–Trinajstić information content (AvgIpc) is 2.11. The van der Waals surface area contributed by atoms with Crippen LogP contribution >= 0.6 is 0 Å². The van der Waals surface area contributed by atoms with E-state index in [9.17, 15) is 5.11 Å². The highest BCUT2D eigenvalue weighted by Crippen LogP contribution is 2.17. The van der Waals surface area contributed by atoms with Crippen molar-refractivity contribution in [3.8, 4) is 0 Å². The Morgan fingerprint density at radius 3 is 2.47 bits per heavy atom. The Labute approximate surface area is 94.2 Å². The third-order valence-electron chi connectivity index (χ3n) is 2.71. The molecule has 0 amide bonds. The minimum absolute atomic E-state index is 0.193. The lowest BCUT2D eigenvalue weighted by Gasteiger charge is -2.23. The summed E-state index contributed by atoms with van der Waals surface area (Å²) in [5.41, 5.74) is -0.645. The standard InChI is InChI=1S/C11H25BO3/c1-9(10(12)5-4-7-13)15-8-6-11(2,3)14/h9-10,13-14H,4-8,12H2,1-3H3. The monoisotopic (exact) mass is 216 g/mol. The summed E-state index contributed by atoms with van der Waals surface area (Å²) in [5, 5.41) is 18.2. The lowest BCUT2D eigenvalue weighted by molar-refractivity contribution is 0.00143. The van der Waals surface area contributed by atoms with Crippen LogP contribution in [0.5, 0.6) is 0 Å². The van der Waals surface area contributed by atoms with Gasteiger partial charge in [-0.3, -0.25) is 0 Å². The lowest BCUT2D eigenvalue weighted by atomic mass is 9.79. The molecular weight excluding hydrogens is 191 g/mol. The SMILES string of the molecule is BC(CCCO)C(C)OCCC(C)(C)O. The fourth-order valence-corrected chi connectivity index (χ4v) is 1.31. The minimum Gasteiger partial charge on any atom is -0.396 e. The van der Waals surface area contributed by atoms with Crippen molar-refractivity contribution in [3.05, 3.63) is 0 Å². The highest BCUT2D eigenvalue weighted by atomic mass is 16.5. The molecule has 0 aliphatic carbocycles. The number of hydrogen-bond donors (Lipinski definition) is 2. The Morgan fingerprint density at radius 1 is 1.40 bits per heavy atom. The van der Waals surface area contributed by atoms with Gasteiger partial charge in [-0.2, -0.15) is 0 Å². The first-order valence-electron chi connectivity index (χ1n) is 5.81. The van der Waals surface area contributed by atoms with Crippen molar-refractivity contribution >= 4 is 7.85 Å². The molecule has 2 N–H and O–H groups in total. The van der Waals surface area contributed by atoms with E-state index in [1.807, 2.05) is 6.92 Å². The van der Waals surface area contributed by atoms with Gasteiger partial charge in [-0.25, -0.2) is 0 Å². The van der Waals surface area contributed by atoms with Gasteiger partial charge < -0.3 is 14.9 Å². The molecular formula is C11H25BO3. The number of aliphatic hydroxyl groups excluding tert-OH is 1. The molecule has 0 rings (SSSR count). The highest BCUT2D eigenvalue weighted by Gasteiger charge is 2.15. The second-order valence-electron chi connectivity index (χ2n) is 4.98. The lowest BCUT2D eigenvalue weighted by Crippen LogP contribution is -2.24. The van der Waals surface area contributed by atoms with E-state index >= 15 is 0 Å². The normalized spacial score (nSPS) is 16.3. The first kappa shape index (κ1) is 14.9. The predicted molar refractivity (Wildman–Crippen MR) is 64.9 cm³/mol. The van der Waals surface area contributed by atoms with Gasteiger partial charge in [0.15, 0.2) is 0 Å². The fourth-order valence-electron chi connectivity index (χ4n) is 1.31. The summed E-state index contributed by atoms with van der Waals surface area (Å²) >= 11 is 0. The number of aliphatic hydroxyl groups is 2. The van der Waals surface area contributed by atoms with Gasteiger partial charge >= 0.3 is 0 Å². The van der Waals surface area contributed by atoms with Gasteiger partial charge in [0.25, 0.3) is 0 Å². The van der Waals surface area contributed by atoms with E-state index in [4.69, 9.17) is 9.84 Å². The first-order chi connectivity index (χ1) is 6.87. The molecule has 90 valence electrons. The second kappa shape index (κ2) is 7.26. The van der Waals surface area contributed by atoms with Gasteiger partial charge in [0.2, 0.25) is 0 Å². The van der Waals surface area contributed by atoms with Crippen LogP contribution in [0.25, 0.3) is 0 Å². The van der Waals surface area contributed by atoms with E-state index < -0.39 is 5.60 Å². The average molecular weight is 216 g/mol. The molecule has 0 spiro atoms. The van der Waals surface area contributed by atoms with Gasteiger partial charge in [-0.05, 0) is 39.4 Å². The molecule has 0 aliphatic heterocycles. The zero-order valence-corrected chi connectivity index (χ0v) is 10.5. The molecule has 3 nitrogen and oxygen atoms in total. The van der Waals surface area contributed by atoms with Crippen molar-refractivity contribution in [2.75, 3.05) is 13.2 Å². The summed E-state index contributed by atoms with van der Waals surface area (Å²) in [7, 11) is 2.13. The molecule has 4 heteroatoms. The molecule has 0 aromatic heterocycles. The maximum atomic E-state index is 9.50. The van der Waals surface area contributed by atoms with Crippen LogP contribution in [0.15, 0.2) is 0 Å². The zero-order valence-electron chi connectivity index (χ0n) is 10.5. The van der Waals surface area contributed by atoms with E-state index in [0.717, 1.165) is 12.8 Å². The number of rotatable bonds is 8. The van der Waals surface area contributed by atoms with E-state index in [1.54, 1.807) is 13.8 Å². The quantitative estimate of drug-likeness (QED) is 0.588. The Hall–Kier alpha value is -0.0551. The van der Waals surface area contributed by atoms with Crippen molar-refractivity contribution in [3.63, 3.8) is 0 Å². The molecule has 0 aliphatic rings. The van der Waals surface area contributed by atoms with Crippen molar-refractivity contribution in [2.45, 2.75) is 57.6 Å². The van der Waals surface area contributed by atoms with E-state index in [0.29, 0.717) is 18.8 Å². The molecule has 2 atom stereocenters. The number of hydrogen-bond acceptors (Lipinski definition) is 3. The van der Waals surface area contributed by atoms with Gasteiger partial charge in [0.05, 0.1) is 11.7 Å². The Kier molecular flexibility index (Phi) is 7.23. The van der Waals surface area contributed by atoms with Crippen molar-refractivity contribution in [2.24, 2.45) is 0 Å². The highest BCUT2D eigenvalue weighted by molar-refractivity contribution is 6.12. The molecule has 2 unspecified atom stereocenters. The van der Waals surface area contributed by atoms with E-state index in [2.05, 4.69) is 7.85 Å². The molecule has 0 aromatic rings. The van der Waals surface area contributed by atoms with Crippen LogP contribution in [-0.4, -0.2) is 43.0 Å². The topological polar surface area (TPSA) is 49.7 Å². The summed E-state index contributed by atoms with van der Waals surface area (Å²) in [4.78, 5) is 0. The van der Waals surface area contributed by atoms with Crippen LogP contribution < -0.4 is 0 Å². The largest absolute Gasteiger partial charge is 0.396 e. The van der Waals surface area contributed by atoms with E-state index in [-0.39, 0.29) is 12.7 Å². The molecule has 15 heavy (non-hydrogen) atoms. The third kappa shape index (κ3) is 8.91. The van der Waals surface area contributed by atoms with Gasteiger partial charge in [-0.1, -0.05) is 6.42 Å². The molecule has 0 bridgehead atoms. The van der Waals surface area contributed by atoms with Crippen LogP contribution in [0.1, 0.15) is 40.0 Å². The van der Waals surface area contributed by atoms with Crippen LogP contribution in [0.4, 0.5) is 0 Å². The molecule has 0 heterocycles. The summed E-state index contributed by atoms with van der Waals surface area (Å²) in [6, 6.07) is 0. The molecule has 0 aromatic carbocycles. The summed E-state index contributed by atoms with van der Waals surface area (Å²) in [5.74, 6) is 0.457. The Bertz CT molecular complexity index is 156. The number of ether oxygens (including phenoxy) is 1. The second-order valence-corrected chi connectivity index (χ2v) is 4.98. The van der Waals surface area contributed by atoms with Crippen molar-refractivity contribution in [1.82, 2.24) is 0 Å². The third-order valence-corrected chi connectivity index (χ3v) is 2.71. The van der Waals surface area contributed by atoms with Crippen molar-refractivity contribution < 1.29 is 14.9 Å². The Balaban J connectivity index is 3.59. The summed E-state index contributed by atoms with van der Waals surface area (Å²) in [6.07, 6.45) is 2.67. The zero-order chi connectivity index (χ0) is 11.9. The molecule has 0 radical (unpaired) electrons. The molecule has 0 saturated carbocycles. The maximum Gasteiger partial charge on any atom is 0.108 e. The first-order valence-corrected chi connectivity index (χ1v) is 5.81. The fraction of sp³-hybridized carbons (Fsp3) is 1.00. The summed E-state index contributed by atoms with van der Waals surface area (Å²) < 4.78 is 5.64. The molecule has 0 saturated heterocycles.